The normalized spacial score (nSPS) is 13.2. The van der Waals surface area contributed by atoms with Crippen LogP contribution in [-0.4, -0.2) is 50.3 Å². The molecule has 1 heterocycles. The van der Waals surface area contributed by atoms with Crippen LogP contribution in [0.4, 0.5) is 0 Å². The van der Waals surface area contributed by atoms with Gasteiger partial charge in [0.2, 0.25) is 0 Å². The van der Waals surface area contributed by atoms with Crippen LogP contribution < -0.4 is 14.2 Å². The van der Waals surface area contributed by atoms with Crippen molar-refractivity contribution in [2.45, 2.75) is 13.5 Å². The van der Waals surface area contributed by atoms with E-state index in [0.717, 1.165) is 5.56 Å². The van der Waals surface area contributed by atoms with Gasteiger partial charge in [-0.2, -0.15) is 0 Å². The Labute approximate surface area is 174 Å². The molecule has 3 rings (SSSR count). The summed E-state index contributed by atoms with van der Waals surface area (Å²) in [5.41, 5.74) is 1.33. The monoisotopic (exact) mass is 419 g/mol. The first-order valence-electron chi connectivity index (χ1n) is 9.12. The van der Waals surface area contributed by atoms with Gasteiger partial charge in [0.15, 0.2) is 11.5 Å². The largest absolute Gasteiger partial charge is 0.493 e. The zero-order valence-corrected chi connectivity index (χ0v) is 17.0. The second-order valence-corrected chi connectivity index (χ2v) is 6.83. The van der Waals surface area contributed by atoms with E-state index in [-0.39, 0.29) is 25.1 Å². The number of fused-ring (bicyclic) bond motifs is 1. The van der Waals surface area contributed by atoms with Crippen molar-refractivity contribution in [1.29, 1.82) is 0 Å². The lowest BCUT2D eigenvalue weighted by Crippen LogP contribution is -2.31. The number of hydrogen-bond acceptors (Lipinski definition) is 6. The van der Waals surface area contributed by atoms with E-state index in [2.05, 4.69) is 0 Å². The molecule has 0 bridgehead atoms. The van der Waals surface area contributed by atoms with Crippen LogP contribution in [-0.2, 0) is 16.1 Å². The third kappa shape index (κ3) is 5.32. The van der Waals surface area contributed by atoms with Crippen LogP contribution in [0, 0.1) is 0 Å². The number of methoxy groups -OCH3 is 1. The van der Waals surface area contributed by atoms with E-state index in [9.17, 15) is 9.59 Å². The van der Waals surface area contributed by atoms with Gasteiger partial charge in [-0.1, -0.05) is 17.7 Å². The number of nitrogens with zero attached hydrogens (tertiary/aromatic N) is 1. The zero-order chi connectivity index (χ0) is 20.8. The molecule has 7 nitrogen and oxygen atoms in total. The Morgan fingerprint density at radius 1 is 1.17 bits per heavy atom. The summed E-state index contributed by atoms with van der Waals surface area (Å²) in [6.07, 6.45) is 0. The lowest BCUT2D eigenvalue weighted by atomic mass is 10.1. The molecule has 8 heteroatoms. The fourth-order valence-electron chi connectivity index (χ4n) is 2.97. The summed E-state index contributed by atoms with van der Waals surface area (Å²) in [4.78, 5) is 25.4. The van der Waals surface area contributed by atoms with Crippen molar-refractivity contribution < 1.29 is 28.5 Å². The minimum atomic E-state index is -0.357. The van der Waals surface area contributed by atoms with Gasteiger partial charge in [0, 0.05) is 18.5 Å². The first-order chi connectivity index (χ1) is 14.0. The fraction of sp³-hybridized carbons (Fsp3) is 0.333. The third-order valence-corrected chi connectivity index (χ3v) is 4.56. The van der Waals surface area contributed by atoms with Crippen molar-refractivity contribution in [2.24, 2.45) is 0 Å². The summed E-state index contributed by atoms with van der Waals surface area (Å²) in [5.74, 6) is 1.11. The second-order valence-electron chi connectivity index (χ2n) is 6.39. The predicted molar refractivity (Wildman–Crippen MR) is 107 cm³/mol. The minimum absolute atomic E-state index is 0.138. The van der Waals surface area contributed by atoms with Crippen LogP contribution in [0.2, 0.25) is 5.02 Å². The highest BCUT2D eigenvalue weighted by Gasteiger charge is 2.24. The summed E-state index contributed by atoms with van der Waals surface area (Å²) >= 11 is 6.05. The Kier molecular flexibility index (Phi) is 6.82. The summed E-state index contributed by atoms with van der Waals surface area (Å²) in [6, 6.07) is 10.5. The molecular formula is C21H22ClNO6. The second kappa shape index (κ2) is 9.52. The average molecular weight is 420 g/mol. The number of carbonyl (C=O) groups is 2. The Hall–Kier alpha value is -2.93. The van der Waals surface area contributed by atoms with E-state index < -0.39 is 0 Å². The van der Waals surface area contributed by atoms with Crippen molar-refractivity contribution in [1.82, 2.24) is 4.90 Å². The summed E-state index contributed by atoms with van der Waals surface area (Å²) in [5, 5.41) is 0.486. The van der Waals surface area contributed by atoms with Crippen LogP contribution in [0.25, 0.3) is 0 Å². The first kappa shape index (κ1) is 20.8. The average Bonchev–Trinajstić information content (AvgIpc) is 2.85. The van der Waals surface area contributed by atoms with Crippen molar-refractivity contribution in [3.8, 4) is 17.2 Å². The molecule has 154 valence electrons. The van der Waals surface area contributed by atoms with E-state index >= 15 is 0 Å². The number of benzene rings is 2. The molecule has 0 N–H and O–H groups in total. The highest BCUT2D eigenvalue weighted by molar-refractivity contribution is 6.31. The fourth-order valence-corrected chi connectivity index (χ4v) is 3.14. The predicted octanol–water partition coefficient (Wildman–Crippen LogP) is 3.33. The van der Waals surface area contributed by atoms with Gasteiger partial charge in [-0.05, 0) is 35.9 Å². The van der Waals surface area contributed by atoms with Gasteiger partial charge in [0.1, 0.15) is 25.6 Å². The molecule has 0 aliphatic carbocycles. The van der Waals surface area contributed by atoms with E-state index in [1.54, 1.807) is 36.3 Å². The summed E-state index contributed by atoms with van der Waals surface area (Å²) < 4.78 is 21.5. The van der Waals surface area contributed by atoms with E-state index in [0.29, 0.717) is 47.5 Å². The molecule has 0 saturated carbocycles. The van der Waals surface area contributed by atoms with E-state index in [1.807, 2.05) is 12.1 Å². The smallest absolute Gasteiger partial charge is 0.302 e. The number of amides is 1. The lowest BCUT2D eigenvalue weighted by molar-refractivity contribution is -0.141. The highest BCUT2D eigenvalue weighted by Crippen LogP contribution is 2.30. The lowest BCUT2D eigenvalue weighted by Gasteiger charge is -2.21. The Bertz CT molecular complexity index is 901. The zero-order valence-electron chi connectivity index (χ0n) is 16.3. The molecule has 0 aromatic heterocycles. The molecule has 0 radical (unpaired) electrons. The molecule has 1 aliphatic rings. The molecule has 0 spiro atoms. The number of ether oxygens (including phenoxy) is 4. The minimum Gasteiger partial charge on any atom is -0.493 e. The number of carbonyl (C=O) groups excluding carboxylic acids is 2. The first-order valence-corrected chi connectivity index (χ1v) is 9.50. The number of rotatable bonds is 7. The SMILES string of the molecule is COc1cc(CN2CCOc3ccc(Cl)cc3C2=O)ccc1OCCOC(C)=O. The molecule has 0 unspecified atom stereocenters. The maximum absolute atomic E-state index is 12.9. The molecule has 0 atom stereocenters. The van der Waals surface area contributed by atoms with Gasteiger partial charge >= 0.3 is 5.97 Å². The van der Waals surface area contributed by atoms with Crippen molar-refractivity contribution in [3.63, 3.8) is 0 Å². The maximum atomic E-state index is 12.9. The van der Waals surface area contributed by atoms with E-state index in [4.69, 9.17) is 30.5 Å². The van der Waals surface area contributed by atoms with Crippen molar-refractivity contribution >= 4 is 23.5 Å². The van der Waals surface area contributed by atoms with Crippen molar-refractivity contribution in [2.75, 3.05) is 33.5 Å². The topological polar surface area (TPSA) is 74.3 Å². The van der Waals surface area contributed by atoms with Gasteiger partial charge in [-0.3, -0.25) is 9.59 Å². The molecule has 2 aromatic carbocycles. The number of halogens is 1. The van der Waals surface area contributed by atoms with Gasteiger partial charge in [0.25, 0.3) is 5.91 Å². The Morgan fingerprint density at radius 3 is 2.76 bits per heavy atom. The summed E-state index contributed by atoms with van der Waals surface area (Å²) in [6.45, 7) is 2.96. The molecule has 1 aliphatic heterocycles. The standard InChI is InChI=1S/C21H22ClNO6/c1-14(24)27-9-10-29-19-5-3-15(11-20(19)26-2)13-23-7-8-28-18-6-4-16(22)12-17(18)21(23)25/h3-6,11-12H,7-10,13H2,1-2H3. The molecule has 29 heavy (non-hydrogen) atoms. The van der Waals surface area contributed by atoms with Gasteiger partial charge in [0.05, 0.1) is 19.2 Å². The van der Waals surface area contributed by atoms with Crippen molar-refractivity contribution in [3.05, 3.63) is 52.5 Å². The molecular weight excluding hydrogens is 398 g/mol. The van der Waals surface area contributed by atoms with Crippen LogP contribution >= 0.6 is 11.6 Å². The molecule has 1 amide bonds. The number of hydrogen-bond donors (Lipinski definition) is 0. The maximum Gasteiger partial charge on any atom is 0.302 e. The van der Waals surface area contributed by atoms with Gasteiger partial charge in [-0.15, -0.1) is 0 Å². The van der Waals surface area contributed by atoms with Gasteiger partial charge < -0.3 is 23.8 Å². The van der Waals surface area contributed by atoms with Gasteiger partial charge in [-0.25, -0.2) is 0 Å². The highest BCUT2D eigenvalue weighted by atomic mass is 35.5. The third-order valence-electron chi connectivity index (χ3n) is 4.33. The van der Waals surface area contributed by atoms with Crippen LogP contribution in [0.3, 0.4) is 0 Å². The summed E-state index contributed by atoms with van der Waals surface area (Å²) in [7, 11) is 1.54. The van der Waals surface area contributed by atoms with Crippen LogP contribution in [0.15, 0.2) is 36.4 Å². The molecule has 0 fully saturated rings. The molecule has 0 saturated heterocycles. The number of esters is 1. The van der Waals surface area contributed by atoms with Crippen LogP contribution in [0.1, 0.15) is 22.8 Å². The quantitative estimate of drug-likeness (QED) is 0.506. The Morgan fingerprint density at radius 2 is 2.00 bits per heavy atom. The molecule has 2 aromatic rings. The Balaban J connectivity index is 1.71. The van der Waals surface area contributed by atoms with Crippen LogP contribution in [0.5, 0.6) is 17.2 Å². The van der Waals surface area contributed by atoms with E-state index in [1.165, 1.54) is 6.92 Å².